The predicted molar refractivity (Wildman–Crippen MR) is 80.0 cm³/mol. The molecule has 1 nitrogen and oxygen atoms in total. The van der Waals surface area contributed by atoms with Crippen LogP contribution in [-0.4, -0.2) is 18.5 Å². The van der Waals surface area contributed by atoms with Gasteiger partial charge in [-0.15, -0.1) is 0 Å². The Balaban J connectivity index is 1.99. The predicted octanol–water partition coefficient (Wildman–Crippen LogP) is 4.86. The zero-order valence-corrected chi connectivity index (χ0v) is 13.3. The van der Waals surface area contributed by atoms with E-state index in [-0.39, 0.29) is 12.8 Å². The van der Waals surface area contributed by atoms with Gasteiger partial charge in [-0.25, -0.2) is 8.78 Å². The van der Waals surface area contributed by atoms with Gasteiger partial charge in [0.15, 0.2) is 0 Å². The summed E-state index contributed by atoms with van der Waals surface area (Å²) < 4.78 is 26.7. The minimum absolute atomic E-state index is 0.0946. The highest BCUT2D eigenvalue weighted by molar-refractivity contribution is 4.91. The molecule has 3 unspecified atom stereocenters. The highest BCUT2D eigenvalue weighted by atomic mass is 19.3. The molecule has 2 aliphatic rings. The molecule has 0 amide bonds. The maximum Gasteiger partial charge on any atom is 0.248 e. The molecule has 118 valence electrons. The standard InChI is InChI=1S/C17H31F2N/c1-4-20-16(14-5-7-17(18,19)8-6-14)15-10-12(2)9-13(3)11-15/h12-16,20H,4-11H2,1-3H3. The van der Waals surface area contributed by atoms with E-state index in [0.717, 1.165) is 18.4 Å². The molecule has 0 aliphatic heterocycles. The van der Waals surface area contributed by atoms with Crippen LogP contribution in [0, 0.1) is 23.7 Å². The van der Waals surface area contributed by atoms with Crippen molar-refractivity contribution in [2.75, 3.05) is 6.54 Å². The van der Waals surface area contributed by atoms with Crippen molar-refractivity contribution in [3.63, 3.8) is 0 Å². The molecule has 0 spiro atoms. The number of hydrogen-bond acceptors (Lipinski definition) is 1. The molecule has 0 bridgehead atoms. The second-order valence-corrected chi connectivity index (χ2v) is 7.45. The van der Waals surface area contributed by atoms with Gasteiger partial charge in [0.25, 0.3) is 0 Å². The number of nitrogens with one attached hydrogen (secondary N) is 1. The van der Waals surface area contributed by atoms with Gasteiger partial charge in [-0.2, -0.15) is 0 Å². The van der Waals surface area contributed by atoms with Gasteiger partial charge in [0.1, 0.15) is 0 Å². The molecule has 20 heavy (non-hydrogen) atoms. The van der Waals surface area contributed by atoms with Crippen LogP contribution in [0.15, 0.2) is 0 Å². The zero-order valence-electron chi connectivity index (χ0n) is 13.3. The lowest BCUT2D eigenvalue weighted by Gasteiger charge is -2.42. The van der Waals surface area contributed by atoms with Gasteiger partial charge in [0.05, 0.1) is 0 Å². The van der Waals surface area contributed by atoms with Crippen LogP contribution < -0.4 is 5.32 Å². The van der Waals surface area contributed by atoms with Crippen molar-refractivity contribution in [3.05, 3.63) is 0 Å². The molecule has 1 N–H and O–H groups in total. The first-order valence-corrected chi connectivity index (χ1v) is 8.52. The zero-order chi connectivity index (χ0) is 14.8. The fraction of sp³-hybridized carbons (Fsp3) is 1.00. The molecule has 3 heteroatoms. The van der Waals surface area contributed by atoms with Crippen LogP contribution in [0.1, 0.15) is 65.7 Å². The number of rotatable bonds is 4. The van der Waals surface area contributed by atoms with Crippen molar-refractivity contribution in [2.24, 2.45) is 23.7 Å². The van der Waals surface area contributed by atoms with Crippen LogP contribution in [0.3, 0.4) is 0 Å². The fourth-order valence-corrected chi connectivity index (χ4v) is 4.68. The average molecular weight is 287 g/mol. The van der Waals surface area contributed by atoms with Crippen LogP contribution in [0.4, 0.5) is 8.78 Å². The van der Waals surface area contributed by atoms with Gasteiger partial charge in [0, 0.05) is 18.9 Å². The minimum Gasteiger partial charge on any atom is -0.314 e. The summed E-state index contributed by atoms with van der Waals surface area (Å²) in [5, 5.41) is 3.65. The number of hydrogen-bond donors (Lipinski definition) is 1. The highest BCUT2D eigenvalue weighted by Gasteiger charge is 2.40. The Hall–Kier alpha value is -0.180. The quantitative estimate of drug-likeness (QED) is 0.778. The Labute approximate surface area is 122 Å². The summed E-state index contributed by atoms with van der Waals surface area (Å²) in [5.74, 6) is 0.313. The van der Waals surface area contributed by atoms with E-state index in [1.165, 1.54) is 19.3 Å². The Kier molecular flexibility index (Phi) is 5.44. The fourth-order valence-electron chi connectivity index (χ4n) is 4.68. The summed E-state index contributed by atoms with van der Waals surface area (Å²) in [6, 6.07) is 0.460. The van der Waals surface area contributed by atoms with E-state index in [9.17, 15) is 8.78 Å². The lowest BCUT2D eigenvalue weighted by atomic mass is 9.68. The normalized spacial score (nSPS) is 36.8. The van der Waals surface area contributed by atoms with Crippen molar-refractivity contribution < 1.29 is 8.78 Å². The van der Waals surface area contributed by atoms with Gasteiger partial charge in [-0.05, 0) is 62.3 Å². The summed E-state index contributed by atoms with van der Waals surface area (Å²) in [4.78, 5) is 0. The van der Waals surface area contributed by atoms with Gasteiger partial charge in [-0.3, -0.25) is 0 Å². The van der Waals surface area contributed by atoms with Crippen LogP contribution in [0.2, 0.25) is 0 Å². The van der Waals surface area contributed by atoms with Crippen LogP contribution in [-0.2, 0) is 0 Å². The van der Waals surface area contributed by atoms with E-state index in [1.807, 2.05) is 0 Å². The molecule has 0 heterocycles. The molecule has 0 aromatic rings. The van der Waals surface area contributed by atoms with E-state index in [1.54, 1.807) is 0 Å². The lowest BCUT2D eigenvalue weighted by Crippen LogP contribution is -2.46. The largest absolute Gasteiger partial charge is 0.314 e. The van der Waals surface area contributed by atoms with E-state index in [0.29, 0.717) is 30.7 Å². The van der Waals surface area contributed by atoms with E-state index < -0.39 is 5.92 Å². The maximum atomic E-state index is 13.4. The minimum atomic E-state index is -2.40. The SMILES string of the molecule is CCNC(C1CCC(F)(F)CC1)C1CC(C)CC(C)C1. The van der Waals surface area contributed by atoms with Crippen molar-refractivity contribution >= 4 is 0 Å². The molecular weight excluding hydrogens is 256 g/mol. The molecule has 0 aromatic heterocycles. The summed E-state index contributed by atoms with van der Waals surface area (Å²) in [6.45, 7) is 7.79. The molecule has 3 atom stereocenters. The molecule has 2 fully saturated rings. The Morgan fingerprint density at radius 3 is 2.05 bits per heavy atom. The van der Waals surface area contributed by atoms with Crippen LogP contribution in [0.25, 0.3) is 0 Å². The van der Waals surface area contributed by atoms with Crippen molar-refractivity contribution in [2.45, 2.75) is 77.7 Å². The Morgan fingerprint density at radius 2 is 1.55 bits per heavy atom. The maximum absolute atomic E-state index is 13.4. The second kappa shape index (κ2) is 6.72. The molecule has 0 radical (unpaired) electrons. The van der Waals surface area contributed by atoms with E-state index >= 15 is 0 Å². The average Bonchev–Trinajstić information content (AvgIpc) is 2.35. The molecule has 2 aliphatic carbocycles. The van der Waals surface area contributed by atoms with Crippen LogP contribution >= 0.6 is 0 Å². The van der Waals surface area contributed by atoms with Crippen LogP contribution in [0.5, 0.6) is 0 Å². The van der Waals surface area contributed by atoms with Crippen molar-refractivity contribution in [1.29, 1.82) is 0 Å². The van der Waals surface area contributed by atoms with Crippen molar-refractivity contribution in [1.82, 2.24) is 5.32 Å². The highest BCUT2D eigenvalue weighted by Crippen LogP contribution is 2.42. The lowest BCUT2D eigenvalue weighted by molar-refractivity contribution is -0.0537. The molecule has 0 aromatic carbocycles. The number of alkyl halides is 2. The van der Waals surface area contributed by atoms with E-state index in [4.69, 9.17) is 0 Å². The molecular formula is C17H31F2N. The van der Waals surface area contributed by atoms with Gasteiger partial charge in [-0.1, -0.05) is 20.8 Å². The first kappa shape index (κ1) is 16.2. The first-order chi connectivity index (χ1) is 9.41. The summed E-state index contributed by atoms with van der Waals surface area (Å²) in [6.07, 6.45) is 5.46. The van der Waals surface area contributed by atoms with Gasteiger partial charge in [0.2, 0.25) is 5.92 Å². The third kappa shape index (κ3) is 4.16. The first-order valence-electron chi connectivity index (χ1n) is 8.52. The molecule has 2 saturated carbocycles. The Bertz CT molecular complexity index is 285. The third-order valence-corrected chi connectivity index (χ3v) is 5.43. The topological polar surface area (TPSA) is 12.0 Å². The smallest absolute Gasteiger partial charge is 0.248 e. The number of halogens is 2. The summed E-state index contributed by atoms with van der Waals surface area (Å²) in [7, 11) is 0. The molecule has 2 rings (SSSR count). The van der Waals surface area contributed by atoms with Crippen molar-refractivity contribution in [3.8, 4) is 0 Å². The van der Waals surface area contributed by atoms with Gasteiger partial charge < -0.3 is 5.32 Å². The summed E-state index contributed by atoms with van der Waals surface area (Å²) >= 11 is 0. The second-order valence-electron chi connectivity index (χ2n) is 7.45. The van der Waals surface area contributed by atoms with Gasteiger partial charge >= 0.3 is 0 Å². The third-order valence-electron chi connectivity index (χ3n) is 5.43. The molecule has 0 saturated heterocycles. The Morgan fingerprint density at radius 1 is 1.00 bits per heavy atom. The summed E-state index contributed by atoms with van der Waals surface area (Å²) in [5.41, 5.74) is 0. The van der Waals surface area contributed by atoms with E-state index in [2.05, 4.69) is 26.1 Å². The monoisotopic (exact) mass is 287 g/mol.